The van der Waals surface area contributed by atoms with Crippen LogP contribution >= 0.6 is 15.9 Å². The summed E-state index contributed by atoms with van der Waals surface area (Å²) < 4.78 is 43.8. The Kier molecular flexibility index (Phi) is 4.67. The van der Waals surface area contributed by atoms with Gasteiger partial charge in [0.1, 0.15) is 18.6 Å². The fourth-order valence-corrected chi connectivity index (χ4v) is 2.22. The lowest BCUT2D eigenvalue weighted by Gasteiger charge is -2.11. The fourth-order valence-electron chi connectivity index (χ4n) is 1.71. The van der Waals surface area contributed by atoms with Gasteiger partial charge in [-0.3, -0.25) is 4.79 Å². The number of hydrogen-bond acceptors (Lipinski definition) is 2. The summed E-state index contributed by atoms with van der Waals surface area (Å²) in [6.45, 7) is 0.00293. The van der Waals surface area contributed by atoms with E-state index in [0.717, 1.165) is 12.1 Å². The second kappa shape index (κ2) is 6.30. The summed E-state index contributed by atoms with van der Waals surface area (Å²) in [6, 6.07) is 9.69. The molecule has 0 aliphatic carbocycles. The molecule has 0 aliphatic heterocycles. The zero-order valence-electron chi connectivity index (χ0n) is 10.7. The third-order valence-electron chi connectivity index (χ3n) is 2.74. The van der Waals surface area contributed by atoms with Crippen molar-refractivity contribution >= 4 is 22.2 Å². The number of halogens is 4. The Morgan fingerprint density at radius 1 is 1.14 bits per heavy atom. The van der Waals surface area contributed by atoms with Crippen LogP contribution in [-0.2, 0) is 12.8 Å². The van der Waals surface area contributed by atoms with Gasteiger partial charge in [0, 0.05) is 5.56 Å². The lowest BCUT2D eigenvalue weighted by molar-refractivity contribution is -0.137. The van der Waals surface area contributed by atoms with Crippen LogP contribution in [0.15, 0.2) is 46.9 Å². The number of rotatable bonds is 4. The van der Waals surface area contributed by atoms with Crippen molar-refractivity contribution in [3.05, 3.63) is 63.6 Å². The number of carbonyl (C=O) groups excluding carboxylic acids is 1. The van der Waals surface area contributed by atoms with Crippen LogP contribution in [0.5, 0.6) is 5.75 Å². The summed E-state index contributed by atoms with van der Waals surface area (Å²) >= 11 is 3.24. The largest absolute Gasteiger partial charge is 0.488 e. The number of alkyl halides is 3. The van der Waals surface area contributed by atoms with Crippen molar-refractivity contribution in [3.63, 3.8) is 0 Å². The summed E-state index contributed by atoms with van der Waals surface area (Å²) in [6.07, 6.45) is -3.68. The topological polar surface area (TPSA) is 26.3 Å². The number of aldehydes is 1. The van der Waals surface area contributed by atoms with Crippen LogP contribution < -0.4 is 4.74 Å². The molecule has 0 spiro atoms. The predicted octanol–water partition coefficient (Wildman–Crippen LogP) is 4.86. The number of hydrogen-bond donors (Lipinski definition) is 0. The molecule has 0 saturated carbocycles. The summed E-state index contributed by atoms with van der Waals surface area (Å²) in [4.78, 5) is 10.6. The van der Waals surface area contributed by atoms with E-state index in [4.69, 9.17) is 4.74 Å². The third kappa shape index (κ3) is 4.07. The van der Waals surface area contributed by atoms with E-state index in [9.17, 15) is 18.0 Å². The quantitative estimate of drug-likeness (QED) is 0.729. The van der Waals surface area contributed by atoms with Gasteiger partial charge in [-0.1, -0.05) is 12.1 Å². The maximum Gasteiger partial charge on any atom is 0.416 e. The molecule has 0 unspecified atom stereocenters. The van der Waals surface area contributed by atoms with E-state index < -0.39 is 11.7 Å². The molecule has 2 aromatic rings. The Labute approximate surface area is 127 Å². The SMILES string of the molecule is O=Cc1ccc(OCc2cccc(C(F)(F)F)c2)c(Br)c1. The zero-order chi connectivity index (χ0) is 15.5. The first-order valence-electron chi connectivity index (χ1n) is 5.94. The molecule has 2 rings (SSSR count). The monoisotopic (exact) mass is 358 g/mol. The van der Waals surface area contributed by atoms with E-state index in [1.807, 2.05) is 0 Å². The highest BCUT2D eigenvalue weighted by Crippen LogP contribution is 2.30. The molecule has 0 saturated heterocycles. The average Bonchev–Trinajstić information content (AvgIpc) is 2.45. The minimum atomic E-state index is -4.37. The van der Waals surface area contributed by atoms with E-state index in [2.05, 4.69) is 15.9 Å². The van der Waals surface area contributed by atoms with Crippen LogP contribution in [0.25, 0.3) is 0 Å². The second-order valence-corrected chi connectivity index (χ2v) is 5.15. The van der Waals surface area contributed by atoms with Crippen LogP contribution in [0.3, 0.4) is 0 Å². The van der Waals surface area contributed by atoms with Gasteiger partial charge in [-0.05, 0) is 51.8 Å². The fraction of sp³-hybridized carbons (Fsp3) is 0.133. The molecule has 0 aromatic heterocycles. The normalized spacial score (nSPS) is 11.2. The van der Waals surface area contributed by atoms with Crippen LogP contribution in [0.1, 0.15) is 21.5 Å². The van der Waals surface area contributed by atoms with Crippen molar-refractivity contribution in [2.24, 2.45) is 0 Å². The van der Waals surface area contributed by atoms with E-state index in [-0.39, 0.29) is 6.61 Å². The van der Waals surface area contributed by atoms with Gasteiger partial charge in [-0.15, -0.1) is 0 Å². The maximum atomic E-state index is 12.6. The van der Waals surface area contributed by atoms with Gasteiger partial charge in [0.2, 0.25) is 0 Å². The second-order valence-electron chi connectivity index (χ2n) is 4.29. The Bertz CT molecular complexity index is 654. The van der Waals surface area contributed by atoms with Crippen molar-refractivity contribution in [2.45, 2.75) is 12.8 Å². The minimum absolute atomic E-state index is 0.00293. The summed E-state index contributed by atoms with van der Waals surface area (Å²) in [5, 5.41) is 0. The van der Waals surface area contributed by atoms with Gasteiger partial charge in [0.15, 0.2) is 0 Å². The average molecular weight is 359 g/mol. The molecular formula is C15H10BrF3O2. The van der Waals surface area contributed by atoms with Gasteiger partial charge in [0.05, 0.1) is 10.0 Å². The van der Waals surface area contributed by atoms with Gasteiger partial charge >= 0.3 is 6.18 Å². The maximum absolute atomic E-state index is 12.6. The molecule has 2 nitrogen and oxygen atoms in total. The summed E-state index contributed by atoms with van der Waals surface area (Å²) in [7, 11) is 0. The smallest absolute Gasteiger partial charge is 0.416 e. The number of benzene rings is 2. The number of carbonyl (C=O) groups is 1. The lowest BCUT2D eigenvalue weighted by Crippen LogP contribution is -2.06. The molecule has 21 heavy (non-hydrogen) atoms. The summed E-state index contributed by atoms with van der Waals surface area (Å²) in [5.74, 6) is 0.456. The van der Waals surface area contributed by atoms with E-state index >= 15 is 0 Å². The molecule has 0 bridgehead atoms. The first-order chi connectivity index (χ1) is 9.90. The van der Waals surface area contributed by atoms with E-state index in [1.165, 1.54) is 6.07 Å². The number of ether oxygens (including phenoxy) is 1. The van der Waals surface area contributed by atoms with Crippen molar-refractivity contribution in [3.8, 4) is 5.75 Å². The van der Waals surface area contributed by atoms with Crippen molar-refractivity contribution < 1.29 is 22.7 Å². The summed E-state index contributed by atoms with van der Waals surface area (Å²) in [5.41, 5.74) is 0.184. The molecule has 0 heterocycles. The predicted molar refractivity (Wildman–Crippen MR) is 75.3 cm³/mol. The molecule has 110 valence electrons. The lowest BCUT2D eigenvalue weighted by atomic mass is 10.1. The highest BCUT2D eigenvalue weighted by molar-refractivity contribution is 9.10. The molecule has 0 fully saturated rings. The van der Waals surface area contributed by atoms with Crippen molar-refractivity contribution in [2.75, 3.05) is 0 Å². The Morgan fingerprint density at radius 2 is 1.90 bits per heavy atom. The molecule has 0 amide bonds. The van der Waals surface area contributed by atoms with Crippen LogP contribution in [-0.4, -0.2) is 6.29 Å². The molecule has 6 heteroatoms. The Morgan fingerprint density at radius 3 is 2.52 bits per heavy atom. The highest BCUT2D eigenvalue weighted by atomic mass is 79.9. The van der Waals surface area contributed by atoms with Crippen LogP contribution in [0.2, 0.25) is 0 Å². The molecule has 0 radical (unpaired) electrons. The van der Waals surface area contributed by atoms with Gasteiger partial charge in [-0.25, -0.2) is 0 Å². The van der Waals surface area contributed by atoms with Crippen molar-refractivity contribution in [1.82, 2.24) is 0 Å². The molecular weight excluding hydrogens is 349 g/mol. The highest BCUT2D eigenvalue weighted by Gasteiger charge is 2.30. The zero-order valence-corrected chi connectivity index (χ0v) is 12.2. The molecule has 2 aromatic carbocycles. The molecule has 0 aliphatic rings. The Balaban J connectivity index is 2.11. The van der Waals surface area contributed by atoms with E-state index in [1.54, 1.807) is 24.3 Å². The van der Waals surface area contributed by atoms with Crippen molar-refractivity contribution in [1.29, 1.82) is 0 Å². The standard InChI is InChI=1S/C15H10BrF3O2/c16-13-7-10(8-20)4-5-14(13)21-9-11-2-1-3-12(6-11)15(17,18)19/h1-8H,9H2. The van der Waals surface area contributed by atoms with Gasteiger partial charge in [0.25, 0.3) is 0 Å². The Hall–Kier alpha value is -1.82. The minimum Gasteiger partial charge on any atom is -0.488 e. The molecule has 0 atom stereocenters. The molecule has 0 N–H and O–H groups in total. The first-order valence-corrected chi connectivity index (χ1v) is 6.73. The van der Waals surface area contributed by atoms with Gasteiger partial charge < -0.3 is 4.74 Å². The van der Waals surface area contributed by atoms with E-state index in [0.29, 0.717) is 27.6 Å². The van der Waals surface area contributed by atoms with Gasteiger partial charge in [-0.2, -0.15) is 13.2 Å². The first kappa shape index (κ1) is 15.6. The third-order valence-corrected chi connectivity index (χ3v) is 3.36. The van der Waals surface area contributed by atoms with Crippen LogP contribution in [0.4, 0.5) is 13.2 Å². The van der Waals surface area contributed by atoms with Crippen LogP contribution in [0, 0.1) is 0 Å².